The third-order valence-corrected chi connectivity index (χ3v) is 2.96. The quantitative estimate of drug-likeness (QED) is 0.755. The van der Waals surface area contributed by atoms with Gasteiger partial charge < -0.3 is 4.90 Å². The highest BCUT2D eigenvalue weighted by Gasteiger charge is 2.33. The summed E-state index contributed by atoms with van der Waals surface area (Å²) in [6.45, 7) is 9.26. The van der Waals surface area contributed by atoms with E-state index in [2.05, 4.69) is 33.0 Å². The highest BCUT2D eigenvalue weighted by molar-refractivity contribution is 5.80. The van der Waals surface area contributed by atoms with Crippen LogP contribution in [0.4, 0.5) is 0 Å². The van der Waals surface area contributed by atoms with Crippen molar-refractivity contribution in [2.24, 2.45) is 5.92 Å². The molecule has 1 heterocycles. The lowest BCUT2D eigenvalue weighted by Crippen LogP contribution is -2.43. The highest BCUT2D eigenvalue weighted by atomic mass is 16.2. The Morgan fingerprint density at radius 3 is 2.67 bits per heavy atom. The number of hydrogen-bond donors (Lipinski definition) is 1. The van der Waals surface area contributed by atoms with E-state index in [9.17, 15) is 4.79 Å². The molecule has 0 aliphatic carbocycles. The monoisotopic (exact) mass is 212 g/mol. The summed E-state index contributed by atoms with van der Waals surface area (Å²) < 4.78 is 0. The van der Waals surface area contributed by atoms with Crippen LogP contribution < -0.4 is 5.32 Å². The van der Waals surface area contributed by atoms with Crippen molar-refractivity contribution in [2.45, 2.75) is 59.2 Å². The molecule has 2 atom stereocenters. The van der Waals surface area contributed by atoms with Crippen LogP contribution in [-0.4, -0.2) is 29.6 Å². The molecule has 2 unspecified atom stereocenters. The Kier molecular flexibility index (Phi) is 4.58. The van der Waals surface area contributed by atoms with Crippen molar-refractivity contribution in [3.63, 3.8) is 0 Å². The third-order valence-electron chi connectivity index (χ3n) is 2.96. The molecule has 0 saturated carbocycles. The Morgan fingerprint density at radius 2 is 2.13 bits per heavy atom. The second-order valence-corrected chi connectivity index (χ2v) is 4.96. The molecule has 0 radical (unpaired) electrons. The molecule has 1 fully saturated rings. The zero-order valence-electron chi connectivity index (χ0n) is 10.4. The smallest absolute Gasteiger partial charge is 0.238 e. The Hall–Kier alpha value is -0.570. The molecule has 0 aromatic rings. The number of rotatable bonds is 5. The average Bonchev–Trinajstić information content (AvgIpc) is 2.46. The SMILES string of the molecule is CCCC1NCC(=O)N1C(C)CC(C)C. The second-order valence-electron chi connectivity index (χ2n) is 4.96. The van der Waals surface area contributed by atoms with Crippen LogP contribution in [0.25, 0.3) is 0 Å². The van der Waals surface area contributed by atoms with Crippen LogP contribution in [-0.2, 0) is 4.79 Å². The van der Waals surface area contributed by atoms with Crippen molar-refractivity contribution in [3.05, 3.63) is 0 Å². The van der Waals surface area contributed by atoms with Crippen LogP contribution >= 0.6 is 0 Å². The van der Waals surface area contributed by atoms with E-state index in [0.29, 0.717) is 18.5 Å². The molecule has 1 N–H and O–H groups in total. The van der Waals surface area contributed by atoms with E-state index in [1.165, 1.54) is 0 Å². The molecule has 3 nitrogen and oxygen atoms in total. The summed E-state index contributed by atoms with van der Waals surface area (Å²) in [4.78, 5) is 13.8. The van der Waals surface area contributed by atoms with Gasteiger partial charge >= 0.3 is 0 Å². The summed E-state index contributed by atoms with van der Waals surface area (Å²) in [5.74, 6) is 0.914. The van der Waals surface area contributed by atoms with Gasteiger partial charge in [-0.1, -0.05) is 27.2 Å². The first-order valence-electron chi connectivity index (χ1n) is 6.10. The van der Waals surface area contributed by atoms with Gasteiger partial charge in [0.05, 0.1) is 12.7 Å². The molecule has 0 aromatic carbocycles. The normalized spacial score (nSPS) is 23.9. The second kappa shape index (κ2) is 5.50. The van der Waals surface area contributed by atoms with Gasteiger partial charge in [-0.15, -0.1) is 0 Å². The van der Waals surface area contributed by atoms with Crippen LogP contribution in [0.3, 0.4) is 0 Å². The summed E-state index contributed by atoms with van der Waals surface area (Å²) >= 11 is 0. The van der Waals surface area contributed by atoms with Crippen molar-refractivity contribution in [1.82, 2.24) is 10.2 Å². The van der Waals surface area contributed by atoms with Gasteiger partial charge in [0.15, 0.2) is 0 Å². The predicted molar refractivity (Wildman–Crippen MR) is 62.5 cm³/mol. The predicted octanol–water partition coefficient (Wildman–Crippen LogP) is 1.98. The number of carbonyl (C=O) groups excluding carboxylic acids is 1. The molecular formula is C12H24N2O. The maximum Gasteiger partial charge on any atom is 0.238 e. The summed E-state index contributed by atoms with van der Waals surface area (Å²) in [5.41, 5.74) is 0. The standard InChI is InChI=1S/C12H24N2O/c1-5-6-11-13-8-12(15)14(11)10(4)7-9(2)3/h9-11,13H,5-8H2,1-4H3. The molecule has 0 spiro atoms. The van der Waals surface area contributed by atoms with Gasteiger partial charge in [-0.3, -0.25) is 10.1 Å². The van der Waals surface area contributed by atoms with Crippen LogP contribution in [0, 0.1) is 5.92 Å². The lowest BCUT2D eigenvalue weighted by atomic mass is 10.0. The molecule has 1 rings (SSSR count). The van der Waals surface area contributed by atoms with Crippen molar-refractivity contribution in [2.75, 3.05) is 6.54 Å². The van der Waals surface area contributed by atoms with Gasteiger partial charge in [-0.05, 0) is 25.7 Å². The first-order valence-corrected chi connectivity index (χ1v) is 6.10. The van der Waals surface area contributed by atoms with Crippen molar-refractivity contribution >= 4 is 5.91 Å². The van der Waals surface area contributed by atoms with E-state index < -0.39 is 0 Å². The van der Waals surface area contributed by atoms with Gasteiger partial charge in [0, 0.05) is 6.04 Å². The minimum absolute atomic E-state index is 0.265. The van der Waals surface area contributed by atoms with Gasteiger partial charge in [0.2, 0.25) is 5.91 Å². The average molecular weight is 212 g/mol. The van der Waals surface area contributed by atoms with E-state index in [1.807, 2.05) is 4.90 Å². The maximum absolute atomic E-state index is 11.7. The van der Waals surface area contributed by atoms with Crippen LogP contribution in [0.5, 0.6) is 0 Å². The Labute approximate surface area is 93.2 Å². The highest BCUT2D eigenvalue weighted by Crippen LogP contribution is 2.19. The summed E-state index contributed by atoms with van der Waals surface area (Å²) in [6, 6.07) is 0.365. The summed E-state index contributed by atoms with van der Waals surface area (Å²) in [7, 11) is 0. The van der Waals surface area contributed by atoms with Gasteiger partial charge in [-0.2, -0.15) is 0 Å². The van der Waals surface area contributed by atoms with E-state index in [4.69, 9.17) is 0 Å². The molecule has 0 bridgehead atoms. The molecule has 15 heavy (non-hydrogen) atoms. The fourth-order valence-corrected chi connectivity index (χ4v) is 2.43. The Balaban J connectivity index is 2.58. The lowest BCUT2D eigenvalue weighted by molar-refractivity contribution is -0.130. The summed E-state index contributed by atoms with van der Waals surface area (Å²) in [6.07, 6.45) is 3.55. The van der Waals surface area contributed by atoms with Gasteiger partial charge in [0.25, 0.3) is 0 Å². The Morgan fingerprint density at radius 1 is 1.47 bits per heavy atom. The van der Waals surface area contributed by atoms with Crippen molar-refractivity contribution in [3.8, 4) is 0 Å². The Bertz CT molecular complexity index is 216. The van der Waals surface area contributed by atoms with Crippen molar-refractivity contribution in [1.29, 1.82) is 0 Å². The van der Waals surface area contributed by atoms with E-state index in [0.717, 1.165) is 19.3 Å². The number of nitrogens with one attached hydrogen (secondary N) is 1. The largest absolute Gasteiger partial charge is 0.323 e. The minimum atomic E-state index is 0.265. The minimum Gasteiger partial charge on any atom is -0.323 e. The van der Waals surface area contributed by atoms with E-state index in [-0.39, 0.29) is 12.1 Å². The fraction of sp³-hybridized carbons (Fsp3) is 0.917. The summed E-state index contributed by atoms with van der Waals surface area (Å²) in [5, 5.41) is 3.29. The molecule has 3 heteroatoms. The van der Waals surface area contributed by atoms with Crippen molar-refractivity contribution < 1.29 is 4.79 Å². The van der Waals surface area contributed by atoms with E-state index in [1.54, 1.807) is 0 Å². The maximum atomic E-state index is 11.7. The van der Waals surface area contributed by atoms with Gasteiger partial charge in [-0.25, -0.2) is 0 Å². The first kappa shape index (κ1) is 12.5. The number of amides is 1. The number of hydrogen-bond acceptors (Lipinski definition) is 2. The third kappa shape index (κ3) is 3.20. The molecule has 1 amide bonds. The number of nitrogens with zero attached hydrogens (tertiary/aromatic N) is 1. The molecule has 88 valence electrons. The zero-order valence-corrected chi connectivity index (χ0v) is 10.4. The molecule has 1 aliphatic heterocycles. The molecule has 0 aromatic heterocycles. The van der Waals surface area contributed by atoms with Crippen LogP contribution in [0.1, 0.15) is 47.0 Å². The van der Waals surface area contributed by atoms with Gasteiger partial charge in [0.1, 0.15) is 0 Å². The molecular weight excluding hydrogens is 188 g/mol. The topological polar surface area (TPSA) is 32.3 Å². The van der Waals surface area contributed by atoms with Crippen LogP contribution in [0.2, 0.25) is 0 Å². The molecule has 1 aliphatic rings. The first-order chi connectivity index (χ1) is 7.06. The molecule has 1 saturated heterocycles. The zero-order chi connectivity index (χ0) is 11.4. The van der Waals surface area contributed by atoms with Crippen LogP contribution in [0.15, 0.2) is 0 Å². The lowest BCUT2D eigenvalue weighted by Gasteiger charge is -2.31. The fourth-order valence-electron chi connectivity index (χ4n) is 2.43. The number of carbonyl (C=O) groups is 1. The van der Waals surface area contributed by atoms with E-state index >= 15 is 0 Å².